The molecule has 0 aromatic heterocycles. The molecule has 1 aliphatic rings. The van der Waals surface area contributed by atoms with Crippen molar-refractivity contribution in [1.29, 1.82) is 0 Å². The molecule has 0 bridgehead atoms. The van der Waals surface area contributed by atoms with E-state index in [-0.39, 0.29) is 12.6 Å². The van der Waals surface area contributed by atoms with Crippen molar-refractivity contribution in [2.75, 3.05) is 14.2 Å². The second kappa shape index (κ2) is 3.21. The summed E-state index contributed by atoms with van der Waals surface area (Å²) in [7, 11) is 3.08. The van der Waals surface area contributed by atoms with Gasteiger partial charge >= 0.3 is 5.97 Å². The molecule has 0 amide bonds. The van der Waals surface area contributed by atoms with E-state index < -0.39 is 0 Å². The van der Waals surface area contributed by atoms with Gasteiger partial charge in [-0.15, -0.1) is 0 Å². The van der Waals surface area contributed by atoms with Crippen LogP contribution >= 0.6 is 0 Å². The number of benzene rings is 1. The highest BCUT2D eigenvalue weighted by molar-refractivity contribution is 5.97. The number of methoxy groups -OCH3 is 2. The Morgan fingerprint density at radius 1 is 1.21 bits per heavy atom. The minimum absolute atomic E-state index is 0.258. The molecule has 0 saturated heterocycles. The Hall–Kier alpha value is -1.71. The molecule has 2 rings (SSSR count). The maximum atomic E-state index is 11.4. The van der Waals surface area contributed by atoms with Gasteiger partial charge in [0.25, 0.3) is 0 Å². The molecule has 1 aromatic rings. The van der Waals surface area contributed by atoms with Gasteiger partial charge in [-0.1, -0.05) is 0 Å². The van der Waals surface area contributed by atoms with Crippen molar-refractivity contribution in [3.63, 3.8) is 0 Å². The largest absolute Gasteiger partial charge is 0.496 e. The predicted molar refractivity (Wildman–Crippen MR) is 48.7 cm³/mol. The van der Waals surface area contributed by atoms with E-state index in [1.807, 2.05) is 0 Å². The number of esters is 1. The molecule has 0 atom stereocenters. The van der Waals surface area contributed by atoms with Crippen molar-refractivity contribution in [1.82, 2.24) is 0 Å². The number of hydrogen-bond acceptors (Lipinski definition) is 4. The van der Waals surface area contributed by atoms with Crippen LogP contribution in [0.2, 0.25) is 0 Å². The summed E-state index contributed by atoms with van der Waals surface area (Å²) in [6, 6.07) is 3.46. The molecule has 0 spiro atoms. The van der Waals surface area contributed by atoms with Gasteiger partial charge in [-0.25, -0.2) is 4.79 Å². The van der Waals surface area contributed by atoms with E-state index in [1.165, 1.54) is 7.11 Å². The van der Waals surface area contributed by atoms with Crippen molar-refractivity contribution >= 4 is 5.97 Å². The fraction of sp³-hybridized carbons (Fsp3) is 0.300. The smallest absolute Gasteiger partial charge is 0.342 e. The first kappa shape index (κ1) is 8.87. The van der Waals surface area contributed by atoms with Gasteiger partial charge in [0.05, 0.1) is 14.2 Å². The second-order valence-corrected chi connectivity index (χ2v) is 2.90. The first-order valence-electron chi connectivity index (χ1n) is 4.19. The van der Waals surface area contributed by atoms with Crippen LogP contribution in [0.25, 0.3) is 0 Å². The third-order valence-electron chi connectivity index (χ3n) is 2.22. The Labute approximate surface area is 81.4 Å². The van der Waals surface area contributed by atoms with Crippen LogP contribution in [0.3, 0.4) is 0 Å². The molecule has 1 aromatic carbocycles. The lowest BCUT2D eigenvalue weighted by atomic mass is 10.1. The van der Waals surface area contributed by atoms with Gasteiger partial charge in [-0.2, -0.15) is 0 Å². The van der Waals surface area contributed by atoms with Gasteiger partial charge in [-0.05, 0) is 12.1 Å². The highest BCUT2D eigenvalue weighted by Gasteiger charge is 2.28. The molecule has 4 heteroatoms. The highest BCUT2D eigenvalue weighted by Crippen LogP contribution is 2.35. The molecule has 0 aliphatic carbocycles. The number of cyclic esters (lactones) is 1. The van der Waals surface area contributed by atoms with Crippen molar-refractivity contribution in [3.05, 3.63) is 23.3 Å². The summed E-state index contributed by atoms with van der Waals surface area (Å²) in [5.74, 6) is 0.839. The lowest BCUT2D eigenvalue weighted by molar-refractivity contribution is 0.0532. The lowest BCUT2D eigenvalue weighted by Gasteiger charge is -2.07. The van der Waals surface area contributed by atoms with E-state index in [1.54, 1.807) is 19.2 Å². The van der Waals surface area contributed by atoms with Crippen LogP contribution in [0.1, 0.15) is 15.9 Å². The summed E-state index contributed by atoms with van der Waals surface area (Å²) in [5.41, 5.74) is 1.24. The molecule has 0 radical (unpaired) electrons. The SMILES string of the molecule is COc1ccc(OC)c2c1COC2=O. The standard InChI is InChI=1S/C10H10O4/c1-12-7-3-4-8(13-2)9-6(7)5-14-10(9)11/h3-4H,5H2,1-2H3. The summed E-state index contributed by atoms with van der Waals surface area (Å²) < 4.78 is 15.1. The minimum atomic E-state index is -0.351. The molecule has 1 aliphatic heterocycles. The van der Waals surface area contributed by atoms with E-state index in [0.717, 1.165) is 5.56 Å². The van der Waals surface area contributed by atoms with Crippen molar-refractivity contribution < 1.29 is 19.0 Å². The minimum Gasteiger partial charge on any atom is -0.496 e. The van der Waals surface area contributed by atoms with Crippen LogP contribution in [0.15, 0.2) is 12.1 Å². The van der Waals surface area contributed by atoms with Gasteiger partial charge in [0, 0.05) is 5.56 Å². The zero-order valence-corrected chi connectivity index (χ0v) is 7.99. The van der Waals surface area contributed by atoms with Gasteiger partial charge in [0.2, 0.25) is 0 Å². The van der Waals surface area contributed by atoms with E-state index in [0.29, 0.717) is 17.1 Å². The zero-order chi connectivity index (χ0) is 10.1. The van der Waals surface area contributed by atoms with E-state index in [9.17, 15) is 4.79 Å². The average molecular weight is 194 g/mol. The topological polar surface area (TPSA) is 44.8 Å². The maximum absolute atomic E-state index is 11.4. The summed E-state index contributed by atoms with van der Waals surface area (Å²) in [6.07, 6.45) is 0. The first-order chi connectivity index (χ1) is 6.77. The number of fused-ring (bicyclic) bond motifs is 1. The Kier molecular flexibility index (Phi) is 2.04. The molecule has 14 heavy (non-hydrogen) atoms. The van der Waals surface area contributed by atoms with Crippen molar-refractivity contribution in [3.8, 4) is 11.5 Å². The Morgan fingerprint density at radius 3 is 2.50 bits per heavy atom. The average Bonchev–Trinajstić information content (AvgIpc) is 2.60. The number of carbonyl (C=O) groups excluding carboxylic acids is 1. The Balaban J connectivity index is 2.62. The Morgan fingerprint density at radius 2 is 1.86 bits per heavy atom. The van der Waals surface area contributed by atoms with Crippen molar-refractivity contribution in [2.45, 2.75) is 6.61 Å². The maximum Gasteiger partial charge on any atom is 0.342 e. The van der Waals surface area contributed by atoms with Crippen LogP contribution in [-0.2, 0) is 11.3 Å². The summed E-state index contributed by atoms with van der Waals surface area (Å²) in [4.78, 5) is 11.4. The summed E-state index contributed by atoms with van der Waals surface area (Å²) in [5, 5.41) is 0. The van der Waals surface area contributed by atoms with Crippen LogP contribution in [0.5, 0.6) is 11.5 Å². The third-order valence-corrected chi connectivity index (χ3v) is 2.22. The van der Waals surface area contributed by atoms with E-state index >= 15 is 0 Å². The summed E-state index contributed by atoms with van der Waals surface area (Å²) >= 11 is 0. The monoisotopic (exact) mass is 194 g/mol. The van der Waals surface area contributed by atoms with E-state index in [4.69, 9.17) is 14.2 Å². The molecule has 0 fully saturated rings. The Bertz CT molecular complexity index is 384. The van der Waals surface area contributed by atoms with E-state index in [2.05, 4.69) is 0 Å². The van der Waals surface area contributed by atoms with Gasteiger partial charge in [0.1, 0.15) is 23.7 Å². The second-order valence-electron chi connectivity index (χ2n) is 2.90. The molecular weight excluding hydrogens is 184 g/mol. The number of rotatable bonds is 2. The van der Waals surface area contributed by atoms with Crippen LogP contribution in [0, 0.1) is 0 Å². The molecule has 1 heterocycles. The number of ether oxygens (including phenoxy) is 3. The van der Waals surface area contributed by atoms with Crippen LogP contribution < -0.4 is 9.47 Å². The number of carbonyl (C=O) groups is 1. The van der Waals surface area contributed by atoms with Gasteiger partial charge < -0.3 is 14.2 Å². The normalized spacial score (nSPS) is 13.4. The van der Waals surface area contributed by atoms with Gasteiger partial charge in [0.15, 0.2) is 0 Å². The van der Waals surface area contributed by atoms with Crippen LogP contribution in [-0.4, -0.2) is 20.2 Å². The molecular formula is C10H10O4. The predicted octanol–water partition coefficient (Wildman–Crippen LogP) is 1.37. The quantitative estimate of drug-likeness (QED) is 0.667. The summed E-state index contributed by atoms with van der Waals surface area (Å²) in [6.45, 7) is 0.258. The lowest BCUT2D eigenvalue weighted by Crippen LogP contribution is -1.99. The molecule has 0 unspecified atom stereocenters. The fourth-order valence-electron chi connectivity index (χ4n) is 1.55. The zero-order valence-electron chi connectivity index (χ0n) is 7.99. The third kappa shape index (κ3) is 1.11. The highest BCUT2D eigenvalue weighted by atomic mass is 16.5. The molecule has 0 saturated carbocycles. The number of hydrogen-bond donors (Lipinski definition) is 0. The molecule has 74 valence electrons. The molecule has 4 nitrogen and oxygen atoms in total. The molecule has 0 N–H and O–H groups in total. The van der Waals surface area contributed by atoms with Crippen LogP contribution in [0.4, 0.5) is 0 Å². The fourth-order valence-corrected chi connectivity index (χ4v) is 1.55. The van der Waals surface area contributed by atoms with Crippen molar-refractivity contribution in [2.24, 2.45) is 0 Å². The first-order valence-corrected chi connectivity index (χ1v) is 4.19. The van der Waals surface area contributed by atoms with Gasteiger partial charge in [-0.3, -0.25) is 0 Å².